The first-order valence-electron chi connectivity index (χ1n) is 9.34. The number of rotatable bonds is 3. The van der Waals surface area contributed by atoms with E-state index in [2.05, 4.69) is 125 Å². The number of benzene rings is 5. The molecule has 0 aromatic heterocycles. The van der Waals surface area contributed by atoms with Crippen molar-refractivity contribution < 1.29 is 0 Å². The molecule has 134 valence electrons. The predicted octanol–water partition coefficient (Wildman–Crippen LogP) is 6.51. The number of hydrogen-bond acceptors (Lipinski definition) is 0. The molecule has 0 bridgehead atoms. The van der Waals surface area contributed by atoms with Crippen molar-refractivity contribution in [3.63, 3.8) is 0 Å². The fraction of sp³-hybridized carbons (Fsp3) is 0. The Kier molecular flexibility index (Phi) is 4.72. The lowest BCUT2D eigenvalue weighted by Crippen LogP contribution is -2.22. The van der Waals surface area contributed by atoms with Crippen LogP contribution in [-0.4, -0.2) is 0 Å². The second-order valence-electron chi connectivity index (χ2n) is 6.76. The van der Waals surface area contributed by atoms with E-state index in [0.29, 0.717) is 0 Å². The van der Waals surface area contributed by atoms with Crippen LogP contribution < -0.4 is 15.9 Å². The smallest absolute Gasteiger partial charge is 0.0332 e. The summed E-state index contributed by atoms with van der Waals surface area (Å²) in [5.74, 6) is 0. The summed E-state index contributed by atoms with van der Waals surface area (Å²) in [6.45, 7) is 0. The molecule has 0 aliphatic rings. The van der Waals surface area contributed by atoms with Crippen molar-refractivity contribution in [1.29, 1.82) is 0 Å². The van der Waals surface area contributed by atoms with Gasteiger partial charge in [0.15, 0.2) is 0 Å². The van der Waals surface area contributed by atoms with Gasteiger partial charge in [0.25, 0.3) is 0 Å². The Balaban J connectivity index is 1.95. The molecule has 0 atom stereocenters. The molecule has 0 fully saturated rings. The Morgan fingerprint density at radius 1 is 0.429 bits per heavy atom. The standard InChI is InChI=1S/C26H18BrP/c27-25-21-15-7-9-17-23(21)26(24-18-10-8-16-22(24)25)28(19-11-3-1-4-12-19)20-13-5-2-6-14-20/h1-18H. The highest BCUT2D eigenvalue weighted by Crippen LogP contribution is 2.42. The average molecular weight is 441 g/mol. The SMILES string of the molecule is Brc1c2ccccc2c(P(c2ccccc2)c2ccccc2)c2ccccc12. The van der Waals surface area contributed by atoms with E-state index in [1.165, 1.54) is 41.9 Å². The quantitative estimate of drug-likeness (QED) is 0.221. The average Bonchev–Trinajstić information content (AvgIpc) is 2.78. The molecule has 0 spiro atoms. The third-order valence-electron chi connectivity index (χ3n) is 5.09. The van der Waals surface area contributed by atoms with E-state index in [4.69, 9.17) is 0 Å². The van der Waals surface area contributed by atoms with Gasteiger partial charge in [0.05, 0.1) is 0 Å². The van der Waals surface area contributed by atoms with Gasteiger partial charge in [-0.15, -0.1) is 0 Å². The molecule has 2 heteroatoms. The van der Waals surface area contributed by atoms with E-state index < -0.39 is 7.92 Å². The van der Waals surface area contributed by atoms with Crippen molar-refractivity contribution in [2.24, 2.45) is 0 Å². The molecule has 5 aromatic carbocycles. The Morgan fingerprint density at radius 3 is 1.21 bits per heavy atom. The predicted molar refractivity (Wildman–Crippen MR) is 128 cm³/mol. The minimum atomic E-state index is -0.679. The van der Waals surface area contributed by atoms with Gasteiger partial charge >= 0.3 is 0 Å². The fourth-order valence-corrected chi connectivity index (χ4v) is 7.17. The number of fused-ring (bicyclic) bond motifs is 2. The normalized spacial score (nSPS) is 11.4. The summed E-state index contributed by atoms with van der Waals surface area (Å²) in [5, 5.41) is 9.38. The summed E-state index contributed by atoms with van der Waals surface area (Å²) < 4.78 is 1.18. The third kappa shape index (κ3) is 2.96. The summed E-state index contributed by atoms with van der Waals surface area (Å²) in [6, 6.07) is 39.4. The summed E-state index contributed by atoms with van der Waals surface area (Å²) in [7, 11) is -0.679. The topological polar surface area (TPSA) is 0 Å². The molecular formula is C26H18BrP. The van der Waals surface area contributed by atoms with Crippen molar-refractivity contribution >= 4 is 61.3 Å². The van der Waals surface area contributed by atoms with Crippen molar-refractivity contribution in [1.82, 2.24) is 0 Å². The van der Waals surface area contributed by atoms with Gasteiger partial charge in [-0.25, -0.2) is 0 Å². The minimum absolute atomic E-state index is 0.679. The minimum Gasteiger partial charge on any atom is -0.0622 e. The van der Waals surface area contributed by atoms with Gasteiger partial charge in [-0.2, -0.15) is 0 Å². The van der Waals surface area contributed by atoms with Gasteiger partial charge in [0.1, 0.15) is 0 Å². The van der Waals surface area contributed by atoms with Crippen LogP contribution in [0.25, 0.3) is 21.5 Å². The highest BCUT2D eigenvalue weighted by molar-refractivity contribution is 9.10. The second kappa shape index (κ2) is 7.51. The Labute approximate surface area is 174 Å². The van der Waals surface area contributed by atoms with Crippen LogP contribution in [0, 0.1) is 0 Å². The molecule has 0 amide bonds. The summed E-state index contributed by atoms with van der Waals surface area (Å²) in [5.41, 5.74) is 0. The van der Waals surface area contributed by atoms with E-state index in [1.54, 1.807) is 0 Å². The first kappa shape index (κ1) is 17.6. The maximum absolute atomic E-state index is 3.89. The van der Waals surface area contributed by atoms with Gasteiger partial charge in [0.2, 0.25) is 0 Å². The van der Waals surface area contributed by atoms with Crippen LogP contribution in [0.1, 0.15) is 0 Å². The Bertz CT molecular complexity index is 1170. The van der Waals surface area contributed by atoms with Crippen LogP contribution in [0.5, 0.6) is 0 Å². The van der Waals surface area contributed by atoms with Crippen LogP contribution >= 0.6 is 23.9 Å². The van der Waals surface area contributed by atoms with Crippen LogP contribution in [0.4, 0.5) is 0 Å². The lowest BCUT2D eigenvalue weighted by atomic mass is 10.0. The first-order chi connectivity index (χ1) is 13.8. The summed E-state index contributed by atoms with van der Waals surface area (Å²) >= 11 is 3.89. The van der Waals surface area contributed by atoms with Crippen molar-refractivity contribution in [3.05, 3.63) is 114 Å². The number of halogens is 1. The molecule has 0 aliphatic heterocycles. The Hall–Kier alpha value is -2.47. The molecule has 0 heterocycles. The first-order valence-corrected chi connectivity index (χ1v) is 11.5. The highest BCUT2D eigenvalue weighted by atomic mass is 79.9. The van der Waals surface area contributed by atoms with E-state index >= 15 is 0 Å². The fourth-order valence-electron chi connectivity index (χ4n) is 3.85. The number of hydrogen-bond donors (Lipinski definition) is 0. The summed E-state index contributed by atoms with van der Waals surface area (Å²) in [6.07, 6.45) is 0. The molecule has 0 aliphatic carbocycles. The molecule has 0 saturated carbocycles. The maximum Gasteiger partial charge on any atom is 0.0332 e. The molecule has 28 heavy (non-hydrogen) atoms. The molecule has 0 radical (unpaired) electrons. The van der Waals surface area contributed by atoms with Crippen LogP contribution in [0.2, 0.25) is 0 Å². The molecule has 0 saturated heterocycles. The van der Waals surface area contributed by atoms with Gasteiger partial charge in [-0.3, -0.25) is 0 Å². The van der Waals surface area contributed by atoms with Gasteiger partial charge < -0.3 is 0 Å². The van der Waals surface area contributed by atoms with Crippen molar-refractivity contribution in [2.45, 2.75) is 0 Å². The van der Waals surface area contributed by atoms with E-state index in [1.807, 2.05) is 0 Å². The maximum atomic E-state index is 3.89. The van der Waals surface area contributed by atoms with Crippen LogP contribution in [0.3, 0.4) is 0 Å². The van der Waals surface area contributed by atoms with E-state index in [0.717, 1.165) is 0 Å². The molecule has 0 unspecified atom stereocenters. The monoisotopic (exact) mass is 440 g/mol. The van der Waals surface area contributed by atoms with E-state index in [9.17, 15) is 0 Å². The van der Waals surface area contributed by atoms with Crippen molar-refractivity contribution in [3.8, 4) is 0 Å². The summed E-state index contributed by atoms with van der Waals surface area (Å²) in [4.78, 5) is 0. The van der Waals surface area contributed by atoms with Gasteiger partial charge in [0, 0.05) is 9.78 Å². The lowest BCUT2D eigenvalue weighted by Gasteiger charge is -2.24. The molecular weight excluding hydrogens is 423 g/mol. The van der Waals surface area contributed by atoms with Crippen molar-refractivity contribution in [2.75, 3.05) is 0 Å². The zero-order chi connectivity index (χ0) is 18.9. The molecule has 0 nitrogen and oxygen atoms in total. The van der Waals surface area contributed by atoms with Crippen LogP contribution in [0.15, 0.2) is 114 Å². The molecule has 5 rings (SSSR count). The molecule has 5 aromatic rings. The highest BCUT2D eigenvalue weighted by Gasteiger charge is 2.22. The third-order valence-corrected chi connectivity index (χ3v) is 8.50. The van der Waals surface area contributed by atoms with E-state index in [-0.39, 0.29) is 0 Å². The van der Waals surface area contributed by atoms with Gasteiger partial charge in [-0.05, 0) is 56.0 Å². The van der Waals surface area contributed by atoms with Crippen LogP contribution in [-0.2, 0) is 0 Å². The Morgan fingerprint density at radius 2 is 0.786 bits per heavy atom. The largest absolute Gasteiger partial charge is 0.0622 e. The second-order valence-corrected chi connectivity index (χ2v) is 9.70. The lowest BCUT2D eigenvalue weighted by molar-refractivity contribution is 1.74. The zero-order valence-electron chi connectivity index (χ0n) is 15.2. The van der Waals surface area contributed by atoms with Gasteiger partial charge in [-0.1, -0.05) is 109 Å². The molecule has 0 N–H and O–H groups in total. The zero-order valence-corrected chi connectivity index (χ0v) is 17.7.